The highest BCUT2D eigenvalue weighted by molar-refractivity contribution is 7.80. The molecule has 1 fully saturated rings. The number of nitro groups is 1. The fourth-order valence-electron chi connectivity index (χ4n) is 4.16. The van der Waals surface area contributed by atoms with Crippen LogP contribution in [0, 0.1) is 10.1 Å². The Morgan fingerprint density at radius 1 is 0.970 bits per heavy atom. The van der Waals surface area contributed by atoms with Gasteiger partial charge in [0, 0.05) is 32.2 Å². The summed E-state index contributed by atoms with van der Waals surface area (Å²) in [4.78, 5) is 15.2. The Hall–Kier alpha value is -3.49. The summed E-state index contributed by atoms with van der Waals surface area (Å²) in [5.41, 5.74) is 3.13. The molecule has 0 aromatic heterocycles. The Kier molecular flexibility index (Phi) is 7.16. The molecule has 0 spiro atoms. The van der Waals surface area contributed by atoms with Crippen molar-refractivity contribution in [3.63, 3.8) is 0 Å². The summed E-state index contributed by atoms with van der Waals surface area (Å²) in [5.74, 6) is 0.387. The molecule has 1 heterocycles. The van der Waals surface area contributed by atoms with Gasteiger partial charge in [0.2, 0.25) is 0 Å². The fourth-order valence-corrected chi connectivity index (χ4v) is 4.45. The zero-order valence-electron chi connectivity index (χ0n) is 18.4. The molecule has 1 N–H and O–H groups in total. The highest BCUT2D eigenvalue weighted by Gasteiger charge is 2.27. The van der Waals surface area contributed by atoms with Crippen LogP contribution in [0.5, 0.6) is 5.75 Å². The Morgan fingerprint density at radius 3 is 2.06 bits per heavy atom. The van der Waals surface area contributed by atoms with E-state index in [0.29, 0.717) is 16.5 Å². The summed E-state index contributed by atoms with van der Waals surface area (Å²) in [7, 11) is 1.49. The summed E-state index contributed by atoms with van der Waals surface area (Å²) < 4.78 is 5.32. The molecule has 0 amide bonds. The Morgan fingerprint density at radius 2 is 1.55 bits per heavy atom. The number of nitro benzene ring substituents is 1. The molecule has 170 valence electrons. The smallest absolute Gasteiger partial charge is 0.273 e. The van der Waals surface area contributed by atoms with Crippen LogP contribution in [0.3, 0.4) is 0 Å². The lowest BCUT2D eigenvalue weighted by atomic mass is 9.96. The second-order valence-corrected chi connectivity index (χ2v) is 8.21. The van der Waals surface area contributed by atoms with Crippen molar-refractivity contribution >= 4 is 28.7 Å². The van der Waals surface area contributed by atoms with Gasteiger partial charge in [-0.25, -0.2) is 0 Å². The minimum absolute atomic E-state index is 0.0233. The van der Waals surface area contributed by atoms with E-state index in [1.54, 1.807) is 6.07 Å². The van der Waals surface area contributed by atoms with Gasteiger partial charge in [0.05, 0.1) is 29.8 Å². The molecule has 0 radical (unpaired) electrons. The van der Waals surface area contributed by atoms with Gasteiger partial charge in [-0.3, -0.25) is 15.0 Å². The van der Waals surface area contributed by atoms with E-state index < -0.39 is 4.92 Å². The first kappa shape index (κ1) is 22.7. The van der Waals surface area contributed by atoms with Crippen LogP contribution in [-0.4, -0.2) is 53.1 Å². The molecule has 33 heavy (non-hydrogen) atoms. The van der Waals surface area contributed by atoms with E-state index in [1.807, 2.05) is 12.1 Å². The zero-order valence-corrected chi connectivity index (χ0v) is 19.2. The third-order valence-electron chi connectivity index (χ3n) is 5.83. The number of benzene rings is 3. The maximum Gasteiger partial charge on any atom is 0.273 e. The van der Waals surface area contributed by atoms with Gasteiger partial charge >= 0.3 is 0 Å². The summed E-state index contributed by atoms with van der Waals surface area (Å²) in [6, 6.07) is 25.8. The maximum absolute atomic E-state index is 11.0. The standard InChI is InChI=1S/C25H26N4O3S/c1-32-23-18-21(29(30)31)12-13-22(23)26-25(33)28-16-14-27(15-17-28)24(19-8-4-2-5-9-19)20-10-6-3-7-11-20/h2-13,18,24H,14-17H2,1H3,(H,26,33). The van der Waals surface area contributed by atoms with Crippen LogP contribution in [0.4, 0.5) is 11.4 Å². The summed E-state index contributed by atoms with van der Waals surface area (Å²) in [6.07, 6.45) is 0. The highest BCUT2D eigenvalue weighted by Crippen LogP contribution is 2.31. The van der Waals surface area contributed by atoms with E-state index in [0.717, 1.165) is 26.2 Å². The molecule has 0 aliphatic carbocycles. The molecule has 3 aromatic carbocycles. The van der Waals surface area contributed by atoms with Crippen molar-refractivity contribution in [2.24, 2.45) is 0 Å². The molecule has 0 unspecified atom stereocenters. The molecule has 7 nitrogen and oxygen atoms in total. The van der Waals surface area contributed by atoms with Gasteiger partial charge in [0.1, 0.15) is 5.75 Å². The lowest BCUT2D eigenvalue weighted by Gasteiger charge is -2.40. The van der Waals surface area contributed by atoms with Crippen LogP contribution in [0.2, 0.25) is 0 Å². The molecule has 1 saturated heterocycles. The van der Waals surface area contributed by atoms with Crippen molar-refractivity contribution in [3.8, 4) is 5.75 Å². The third-order valence-corrected chi connectivity index (χ3v) is 6.20. The number of nitrogens with zero attached hydrogens (tertiary/aromatic N) is 3. The topological polar surface area (TPSA) is 70.9 Å². The number of non-ortho nitro benzene ring substituents is 1. The van der Waals surface area contributed by atoms with Crippen molar-refractivity contribution in [2.75, 3.05) is 38.6 Å². The van der Waals surface area contributed by atoms with Gasteiger partial charge in [-0.15, -0.1) is 0 Å². The molecule has 0 atom stereocenters. The van der Waals surface area contributed by atoms with Crippen molar-refractivity contribution in [1.82, 2.24) is 9.80 Å². The monoisotopic (exact) mass is 462 g/mol. The Balaban J connectivity index is 1.44. The SMILES string of the molecule is COc1cc([N+](=O)[O-])ccc1NC(=S)N1CCN(C(c2ccccc2)c2ccccc2)CC1. The zero-order chi connectivity index (χ0) is 23.2. The summed E-state index contributed by atoms with van der Waals surface area (Å²) >= 11 is 5.65. The number of rotatable bonds is 6. The second-order valence-electron chi connectivity index (χ2n) is 7.82. The quantitative estimate of drug-likeness (QED) is 0.323. The van der Waals surface area contributed by atoms with Crippen LogP contribution in [0.15, 0.2) is 78.9 Å². The highest BCUT2D eigenvalue weighted by atomic mass is 32.1. The van der Waals surface area contributed by atoms with Gasteiger partial charge in [0.25, 0.3) is 5.69 Å². The van der Waals surface area contributed by atoms with Crippen LogP contribution in [0.25, 0.3) is 0 Å². The van der Waals surface area contributed by atoms with E-state index in [9.17, 15) is 10.1 Å². The molecule has 0 saturated carbocycles. The molecule has 1 aliphatic heterocycles. The Bertz CT molecular complexity index is 1060. The van der Waals surface area contributed by atoms with E-state index in [1.165, 1.54) is 30.4 Å². The number of nitrogens with one attached hydrogen (secondary N) is 1. The molecule has 1 aliphatic rings. The van der Waals surface area contributed by atoms with Crippen molar-refractivity contribution in [1.29, 1.82) is 0 Å². The number of anilines is 1. The molecular formula is C25H26N4O3S. The predicted octanol–water partition coefficient (Wildman–Crippen LogP) is 4.71. The van der Waals surface area contributed by atoms with E-state index >= 15 is 0 Å². The number of methoxy groups -OCH3 is 1. The number of ether oxygens (including phenoxy) is 1. The van der Waals surface area contributed by atoms with Gasteiger partial charge in [-0.1, -0.05) is 60.7 Å². The van der Waals surface area contributed by atoms with Gasteiger partial charge in [0.15, 0.2) is 5.11 Å². The molecule has 8 heteroatoms. The lowest BCUT2D eigenvalue weighted by Crippen LogP contribution is -2.51. The molecule has 0 bridgehead atoms. The normalized spacial score (nSPS) is 14.2. The molecular weight excluding hydrogens is 436 g/mol. The fraction of sp³-hybridized carbons (Fsp3) is 0.240. The first-order chi connectivity index (χ1) is 16.1. The van der Waals surface area contributed by atoms with E-state index in [2.05, 4.69) is 63.6 Å². The largest absolute Gasteiger partial charge is 0.494 e. The predicted molar refractivity (Wildman–Crippen MR) is 134 cm³/mol. The number of piperazine rings is 1. The number of hydrogen-bond acceptors (Lipinski definition) is 5. The van der Waals surface area contributed by atoms with E-state index in [-0.39, 0.29) is 11.7 Å². The average molecular weight is 463 g/mol. The Labute approximate surface area is 198 Å². The lowest BCUT2D eigenvalue weighted by molar-refractivity contribution is -0.384. The van der Waals surface area contributed by atoms with Crippen LogP contribution in [-0.2, 0) is 0 Å². The van der Waals surface area contributed by atoms with Crippen molar-refractivity contribution < 1.29 is 9.66 Å². The first-order valence-electron chi connectivity index (χ1n) is 10.8. The second kappa shape index (κ2) is 10.4. The van der Waals surface area contributed by atoms with Gasteiger partial charge in [-0.2, -0.15) is 0 Å². The molecule has 4 rings (SSSR count). The van der Waals surface area contributed by atoms with Gasteiger partial charge < -0.3 is 15.0 Å². The number of thiocarbonyl (C=S) groups is 1. The summed E-state index contributed by atoms with van der Waals surface area (Å²) in [6.45, 7) is 3.26. The first-order valence-corrected chi connectivity index (χ1v) is 11.2. The summed E-state index contributed by atoms with van der Waals surface area (Å²) in [5, 5.41) is 14.8. The van der Waals surface area contributed by atoms with Crippen LogP contribution >= 0.6 is 12.2 Å². The van der Waals surface area contributed by atoms with Crippen LogP contribution in [0.1, 0.15) is 17.2 Å². The molecule has 3 aromatic rings. The average Bonchev–Trinajstić information content (AvgIpc) is 2.86. The van der Waals surface area contributed by atoms with Crippen molar-refractivity contribution in [3.05, 3.63) is 100 Å². The van der Waals surface area contributed by atoms with Crippen molar-refractivity contribution in [2.45, 2.75) is 6.04 Å². The van der Waals surface area contributed by atoms with E-state index in [4.69, 9.17) is 17.0 Å². The maximum atomic E-state index is 11.0. The third kappa shape index (κ3) is 5.30. The van der Waals surface area contributed by atoms with Gasteiger partial charge in [-0.05, 0) is 29.4 Å². The minimum atomic E-state index is -0.445. The van der Waals surface area contributed by atoms with Crippen LogP contribution < -0.4 is 10.1 Å². The number of hydrogen-bond donors (Lipinski definition) is 1. The minimum Gasteiger partial charge on any atom is -0.494 e.